The monoisotopic (exact) mass is 242 g/mol. The molecule has 0 aromatic carbocycles. The summed E-state index contributed by atoms with van der Waals surface area (Å²) in [5.74, 6) is 0.681. The minimum absolute atomic E-state index is 0.133. The Morgan fingerprint density at radius 1 is 1.25 bits per heavy atom. The van der Waals surface area contributed by atoms with Crippen LogP contribution in [0.5, 0.6) is 0 Å². The number of thioether (sulfide) groups is 1. The lowest BCUT2D eigenvalue weighted by Gasteiger charge is -2.02. The third kappa shape index (κ3) is 2.39. The summed E-state index contributed by atoms with van der Waals surface area (Å²) in [5.41, 5.74) is 0.675. The third-order valence-corrected chi connectivity index (χ3v) is 2.63. The fraction of sp³-hybridized carbons (Fsp3) is 0.333. The number of halogens is 3. The maximum Gasteiger partial charge on any atom is 0.224 e. The van der Waals surface area contributed by atoms with Crippen molar-refractivity contribution in [2.24, 2.45) is 0 Å². The van der Waals surface area contributed by atoms with E-state index in [1.807, 2.05) is 6.26 Å². The van der Waals surface area contributed by atoms with Gasteiger partial charge in [0, 0.05) is 5.75 Å². The fourth-order valence-electron chi connectivity index (χ4n) is 0.667. The van der Waals surface area contributed by atoms with E-state index in [0.29, 0.717) is 16.5 Å². The molecule has 0 bridgehead atoms. The summed E-state index contributed by atoms with van der Waals surface area (Å²) < 4.78 is 0. The van der Waals surface area contributed by atoms with Crippen LogP contribution >= 0.6 is 46.6 Å². The molecular weight excluding hydrogens is 239 g/mol. The molecule has 0 spiro atoms. The zero-order chi connectivity index (χ0) is 9.14. The highest BCUT2D eigenvalue weighted by Gasteiger charge is 2.08. The molecule has 0 N–H and O–H groups in total. The molecule has 0 amide bonds. The van der Waals surface area contributed by atoms with Crippen LogP contribution in [0.3, 0.4) is 0 Å². The first-order valence-electron chi connectivity index (χ1n) is 3.01. The van der Waals surface area contributed by atoms with Gasteiger partial charge in [0.05, 0.1) is 5.69 Å². The van der Waals surface area contributed by atoms with Crippen LogP contribution in [0.2, 0.25) is 15.5 Å². The molecule has 0 aliphatic carbocycles. The number of rotatable bonds is 2. The lowest BCUT2D eigenvalue weighted by atomic mass is 10.4. The van der Waals surface area contributed by atoms with Gasteiger partial charge in [-0.15, -0.1) is 0 Å². The SMILES string of the molecule is CSCc1nc(Cl)nc(Cl)c1Cl. The maximum absolute atomic E-state index is 5.82. The van der Waals surface area contributed by atoms with Crippen molar-refractivity contribution in [1.29, 1.82) is 0 Å². The van der Waals surface area contributed by atoms with Crippen molar-refractivity contribution in [3.8, 4) is 0 Å². The van der Waals surface area contributed by atoms with Gasteiger partial charge in [-0.2, -0.15) is 11.8 Å². The molecule has 0 unspecified atom stereocenters. The van der Waals surface area contributed by atoms with Crippen molar-refractivity contribution in [1.82, 2.24) is 9.97 Å². The van der Waals surface area contributed by atoms with E-state index < -0.39 is 0 Å². The van der Waals surface area contributed by atoms with Gasteiger partial charge >= 0.3 is 0 Å². The van der Waals surface area contributed by atoms with E-state index in [2.05, 4.69) is 9.97 Å². The predicted molar refractivity (Wildman–Crippen MR) is 54.3 cm³/mol. The number of nitrogens with zero attached hydrogens (tertiary/aromatic N) is 2. The maximum atomic E-state index is 5.82. The van der Waals surface area contributed by atoms with E-state index in [4.69, 9.17) is 34.8 Å². The highest BCUT2D eigenvalue weighted by molar-refractivity contribution is 7.97. The standard InChI is InChI=1S/C6H5Cl3N2S/c1-12-2-3-4(7)5(8)11-6(9)10-3/h2H2,1H3. The molecule has 0 aliphatic rings. The second-order valence-corrected chi connectivity index (χ2v) is 3.92. The van der Waals surface area contributed by atoms with Gasteiger partial charge in [0.15, 0.2) is 5.15 Å². The second-order valence-electron chi connectivity index (χ2n) is 1.98. The quantitative estimate of drug-likeness (QED) is 0.589. The van der Waals surface area contributed by atoms with Crippen LogP contribution in [0, 0.1) is 0 Å². The highest BCUT2D eigenvalue weighted by atomic mass is 35.5. The van der Waals surface area contributed by atoms with Gasteiger partial charge in [0.25, 0.3) is 0 Å². The topological polar surface area (TPSA) is 25.8 Å². The molecule has 0 radical (unpaired) electrons. The third-order valence-electron chi connectivity index (χ3n) is 1.13. The van der Waals surface area contributed by atoms with Gasteiger partial charge in [-0.3, -0.25) is 0 Å². The molecule has 1 aromatic rings. The van der Waals surface area contributed by atoms with E-state index in [1.165, 1.54) is 0 Å². The minimum Gasteiger partial charge on any atom is -0.220 e. The predicted octanol–water partition coefficient (Wildman–Crippen LogP) is 3.30. The zero-order valence-electron chi connectivity index (χ0n) is 6.14. The molecule has 12 heavy (non-hydrogen) atoms. The van der Waals surface area contributed by atoms with Gasteiger partial charge in [-0.1, -0.05) is 23.2 Å². The van der Waals surface area contributed by atoms with Crippen molar-refractivity contribution >= 4 is 46.6 Å². The number of aromatic nitrogens is 2. The normalized spacial score (nSPS) is 10.3. The molecule has 0 fully saturated rings. The van der Waals surface area contributed by atoms with E-state index in [9.17, 15) is 0 Å². The summed E-state index contributed by atoms with van der Waals surface area (Å²) in [6.45, 7) is 0. The molecule has 1 heterocycles. The Labute approximate surface area is 89.6 Å². The first-order valence-corrected chi connectivity index (χ1v) is 5.54. The Kier molecular flexibility index (Phi) is 3.90. The smallest absolute Gasteiger partial charge is 0.220 e. The summed E-state index contributed by atoms with van der Waals surface area (Å²) in [5, 5.41) is 0.726. The van der Waals surface area contributed by atoms with E-state index in [-0.39, 0.29) is 10.4 Å². The summed E-state index contributed by atoms with van der Waals surface area (Å²) in [6, 6.07) is 0. The second kappa shape index (κ2) is 4.51. The summed E-state index contributed by atoms with van der Waals surface area (Å²) in [7, 11) is 0. The molecule has 66 valence electrons. The van der Waals surface area contributed by atoms with Gasteiger partial charge in [0.2, 0.25) is 5.28 Å². The van der Waals surface area contributed by atoms with Crippen LogP contribution in [0.1, 0.15) is 5.69 Å². The molecule has 2 nitrogen and oxygen atoms in total. The van der Waals surface area contributed by atoms with Crippen molar-refractivity contribution in [2.75, 3.05) is 6.26 Å². The van der Waals surface area contributed by atoms with Crippen molar-refractivity contribution in [3.63, 3.8) is 0 Å². The number of hydrogen-bond donors (Lipinski definition) is 0. The lowest BCUT2D eigenvalue weighted by Crippen LogP contribution is -1.93. The molecule has 6 heteroatoms. The van der Waals surface area contributed by atoms with Crippen LogP contribution in [0.25, 0.3) is 0 Å². The molecule has 0 saturated heterocycles. The Hall–Kier alpha value is 0.300. The van der Waals surface area contributed by atoms with E-state index >= 15 is 0 Å². The number of hydrogen-bond acceptors (Lipinski definition) is 3. The van der Waals surface area contributed by atoms with E-state index in [0.717, 1.165) is 0 Å². The largest absolute Gasteiger partial charge is 0.224 e. The van der Waals surface area contributed by atoms with Crippen LogP contribution in [-0.2, 0) is 5.75 Å². The lowest BCUT2D eigenvalue weighted by molar-refractivity contribution is 1.09. The fourth-order valence-corrected chi connectivity index (χ4v) is 1.80. The molecule has 1 aromatic heterocycles. The van der Waals surface area contributed by atoms with Crippen LogP contribution in [0.15, 0.2) is 0 Å². The van der Waals surface area contributed by atoms with Crippen LogP contribution in [0.4, 0.5) is 0 Å². The zero-order valence-corrected chi connectivity index (χ0v) is 9.23. The highest BCUT2D eigenvalue weighted by Crippen LogP contribution is 2.26. The van der Waals surface area contributed by atoms with E-state index in [1.54, 1.807) is 11.8 Å². The molecular formula is C6H5Cl3N2S. The van der Waals surface area contributed by atoms with Crippen LogP contribution in [-0.4, -0.2) is 16.2 Å². The average Bonchev–Trinajstić information content (AvgIpc) is 2.00. The van der Waals surface area contributed by atoms with Crippen molar-refractivity contribution in [3.05, 3.63) is 21.2 Å². The van der Waals surface area contributed by atoms with Crippen LogP contribution < -0.4 is 0 Å². The van der Waals surface area contributed by atoms with Gasteiger partial charge in [0.1, 0.15) is 5.02 Å². The Balaban J connectivity index is 3.09. The first kappa shape index (κ1) is 10.4. The first-order chi connectivity index (χ1) is 5.65. The Bertz CT molecular complexity index is 292. The Morgan fingerprint density at radius 2 is 1.92 bits per heavy atom. The average molecular weight is 244 g/mol. The Morgan fingerprint density at radius 3 is 2.50 bits per heavy atom. The summed E-state index contributed by atoms with van der Waals surface area (Å²) >= 11 is 18.7. The molecule has 1 rings (SSSR count). The molecule has 0 aliphatic heterocycles. The van der Waals surface area contributed by atoms with Gasteiger partial charge < -0.3 is 0 Å². The van der Waals surface area contributed by atoms with Gasteiger partial charge in [-0.25, -0.2) is 9.97 Å². The molecule has 0 atom stereocenters. The summed E-state index contributed by atoms with van der Waals surface area (Å²) in [6.07, 6.45) is 1.94. The minimum atomic E-state index is 0.133. The summed E-state index contributed by atoms with van der Waals surface area (Å²) in [4.78, 5) is 7.63. The van der Waals surface area contributed by atoms with Crippen molar-refractivity contribution < 1.29 is 0 Å². The van der Waals surface area contributed by atoms with Gasteiger partial charge in [-0.05, 0) is 17.9 Å². The molecule has 0 saturated carbocycles. The van der Waals surface area contributed by atoms with Crippen molar-refractivity contribution in [2.45, 2.75) is 5.75 Å².